The molecule has 0 saturated carbocycles. The van der Waals surface area contributed by atoms with Gasteiger partial charge in [0.15, 0.2) is 0 Å². The maximum atomic E-state index is 11.6. The number of hydrogen-bond acceptors (Lipinski definition) is 3. The normalized spacial score (nSPS) is 24.6. The Hall–Kier alpha value is -0.770. The quantitative estimate of drug-likeness (QED) is 0.680. The molecule has 92 valence electrons. The summed E-state index contributed by atoms with van der Waals surface area (Å²) in [5.74, 6) is 0. The van der Waals surface area contributed by atoms with E-state index in [0.29, 0.717) is 5.41 Å². The second kappa shape index (κ2) is 4.24. The third-order valence-corrected chi connectivity index (χ3v) is 3.69. The maximum absolute atomic E-state index is 11.6. The summed E-state index contributed by atoms with van der Waals surface area (Å²) in [6, 6.07) is 0. The second-order valence-electron chi connectivity index (χ2n) is 5.59. The first-order valence-electron chi connectivity index (χ1n) is 6.15. The Labute approximate surface area is 97.5 Å². The Morgan fingerprint density at radius 3 is 2.31 bits per heavy atom. The Morgan fingerprint density at radius 1 is 1.25 bits per heavy atom. The molecular weight excluding hydrogens is 204 g/mol. The summed E-state index contributed by atoms with van der Waals surface area (Å²) >= 11 is 0. The smallest absolute Gasteiger partial charge is 0.410 e. The molecule has 0 aromatic heterocycles. The van der Waals surface area contributed by atoms with Crippen LogP contribution in [0.4, 0.5) is 4.79 Å². The van der Waals surface area contributed by atoms with Crippen LogP contribution in [0.25, 0.3) is 0 Å². The summed E-state index contributed by atoms with van der Waals surface area (Å²) in [5.41, 5.74) is 0.405. The Balaban J connectivity index is 1.78. The van der Waals surface area contributed by atoms with Gasteiger partial charge in [-0.25, -0.2) is 4.79 Å². The molecule has 0 aromatic rings. The summed E-state index contributed by atoms with van der Waals surface area (Å²) in [6.07, 6.45) is 2.28. The first kappa shape index (κ1) is 11.7. The number of amides is 1. The van der Waals surface area contributed by atoms with Crippen molar-refractivity contribution in [1.29, 1.82) is 0 Å². The summed E-state index contributed by atoms with van der Waals surface area (Å²) < 4.78 is 5.19. The van der Waals surface area contributed by atoms with E-state index >= 15 is 0 Å². The highest BCUT2D eigenvalue weighted by Crippen LogP contribution is 2.40. The van der Waals surface area contributed by atoms with Gasteiger partial charge in [0.05, 0.1) is 6.10 Å². The molecule has 2 aliphatic rings. The van der Waals surface area contributed by atoms with E-state index in [0.717, 1.165) is 26.2 Å². The molecule has 1 amide bonds. The van der Waals surface area contributed by atoms with Gasteiger partial charge < -0.3 is 14.5 Å². The Morgan fingerprint density at radius 2 is 1.81 bits per heavy atom. The minimum atomic E-state index is -0.139. The number of piperidine rings is 1. The van der Waals surface area contributed by atoms with Crippen LogP contribution in [0.15, 0.2) is 0 Å². The van der Waals surface area contributed by atoms with Crippen molar-refractivity contribution in [1.82, 2.24) is 9.80 Å². The highest BCUT2D eigenvalue weighted by molar-refractivity contribution is 5.69. The average molecular weight is 226 g/mol. The van der Waals surface area contributed by atoms with Crippen molar-refractivity contribution in [3.63, 3.8) is 0 Å². The van der Waals surface area contributed by atoms with Gasteiger partial charge in [-0.3, -0.25) is 0 Å². The molecule has 0 N–H and O–H groups in total. The Kier molecular flexibility index (Phi) is 3.10. The molecule has 0 atom stereocenters. The zero-order valence-electron chi connectivity index (χ0n) is 10.5. The van der Waals surface area contributed by atoms with E-state index < -0.39 is 0 Å². The highest BCUT2D eigenvalue weighted by Gasteiger charge is 2.46. The van der Waals surface area contributed by atoms with Gasteiger partial charge in [-0.15, -0.1) is 0 Å². The average Bonchev–Trinajstić information content (AvgIpc) is 2.14. The molecule has 4 nitrogen and oxygen atoms in total. The lowest BCUT2D eigenvalue weighted by Gasteiger charge is -2.53. The first-order chi connectivity index (χ1) is 7.51. The minimum absolute atomic E-state index is 0.0125. The SMILES string of the molecule is CC(C)OC(=O)N1CC2(CCN(C)CC2)C1. The fourth-order valence-electron chi connectivity index (χ4n) is 2.58. The topological polar surface area (TPSA) is 32.8 Å². The van der Waals surface area contributed by atoms with Crippen molar-refractivity contribution in [3.05, 3.63) is 0 Å². The zero-order chi connectivity index (χ0) is 11.8. The molecule has 4 heteroatoms. The van der Waals surface area contributed by atoms with Gasteiger partial charge in [0, 0.05) is 18.5 Å². The van der Waals surface area contributed by atoms with E-state index in [9.17, 15) is 4.79 Å². The number of carbonyl (C=O) groups excluding carboxylic acids is 1. The van der Waals surface area contributed by atoms with Gasteiger partial charge in [-0.2, -0.15) is 0 Å². The van der Waals surface area contributed by atoms with Crippen molar-refractivity contribution >= 4 is 6.09 Å². The molecule has 2 fully saturated rings. The molecular formula is C12H22N2O2. The Bertz CT molecular complexity index is 262. The number of rotatable bonds is 1. The van der Waals surface area contributed by atoms with Gasteiger partial charge in [0.25, 0.3) is 0 Å². The van der Waals surface area contributed by atoms with Crippen molar-refractivity contribution < 1.29 is 9.53 Å². The van der Waals surface area contributed by atoms with Crippen LogP contribution >= 0.6 is 0 Å². The van der Waals surface area contributed by atoms with Crippen LogP contribution in [-0.4, -0.2) is 55.2 Å². The summed E-state index contributed by atoms with van der Waals surface area (Å²) in [5, 5.41) is 0. The standard InChI is InChI=1S/C12H22N2O2/c1-10(2)16-11(15)14-8-12(9-14)4-6-13(3)7-5-12/h10H,4-9H2,1-3H3. The first-order valence-corrected chi connectivity index (χ1v) is 6.15. The van der Waals surface area contributed by atoms with E-state index in [1.807, 2.05) is 18.7 Å². The number of nitrogens with zero attached hydrogens (tertiary/aromatic N) is 2. The summed E-state index contributed by atoms with van der Waals surface area (Å²) in [4.78, 5) is 15.8. The molecule has 0 aliphatic carbocycles. The summed E-state index contributed by atoms with van der Waals surface area (Å²) in [6.45, 7) is 7.89. The van der Waals surface area contributed by atoms with E-state index in [1.54, 1.807) is 0 Å². The van der Waals surface area contributed by atoms with Crippen molar-refractivity contribution in [3.8, 4) is 0 Å². The van der Waals surface area contributed by atoms with Crippen LogP contribution in [0.1, 0.15) is 26.7 Å². The number of carbonyl (C=O) groups is 1. The molecule has 2 rings (SSSR count). The molecule has 2 saturated heterocycles. The van der Waals surface area contributed by atoms with Crippen LogP contribution in [-0.2, 0) is 4.74 Å². The predicted octanol–water partition coefficient (Wildman–Crippen LogP) is 1.56. The third kappa shape index (κ3) is 2.32. The van der Waals surface area contributed by atoms with Crippen LogP contribution < -0.4 is 0 Å². The van der Waals surface area contributed by atoms with Gasteiger partial charge >= 0.3 is 6.09 Å². The monoisotopic (exact) mass is 226 g/mol. The maximum Gasteiger partial charge on any atom is 0.410 e. The zero-order valence-corrected chi connectivity index (χ0v) is 10.5. The lowest BCUT2D eigenvalue weighted by molar-refractivity contribution is -0.0431. The molecule has 2 aliphatic heterocycles. The predicted molar refractivity (Wildman–Crippen MR) is 62.4 cm³/mol. The van der Waals surface area contributed by atoms with E-state index in [4.69, 9.17) is 4.74 Å². The molecule has 0 aromatic carbocycles. The van der Waals surface area contributed by atoms with Crippen LogP contribution in [0.3, 0.4) is 0 Å². The fraction of sp³-hybridized carbons (Fsp3) is 0.917. The van der Waals surface area contributed by atoms with Crippen LogP contribution in [0.2, 0.25) is 0 Å². The van der Waals surface area contributed by atoms with Gasteiger partial charge in [-0.05, 0) is 46.8 Å². The largest absolute Gasteiger partial charge is 0.447 e. The number of likely N-dealkylation sites (tertiary alicyclic amines) is 2. The van der Waals surface area contributed by atoms with Crippen molar-refractivity contribution in [2.45, 2.75) is 32.8 Å². The highest BCUT2D eigenvalue weighted by atomic mass is 16.6. The molecule has 0 radical (unpaired) electrons. The van der Waals surface area contributed by atoms with Gasteiger partial charge in [0.2, 0.25) is 0 Å². The fourth-order valence-corrected chi connectivity index (χ4v) is 2.58. The van der Waals surface area contributed by atoms with Crippen LogP contribution in [0, 0.1) is 5.41 Å². The van der Waals surface area contributed by atoms with Gasteiger partial charge in [-0.1, -0.05) is 0 Å². The summed E-state index contributed by atoms with van der Waals surface area (Å²) in [7, 11) is 2.16. The van der Waals surface area contributed by atoms with Crippen molar-refractivity contribution in [2.75, 3.05) is 33.2 Å². The molecule has 2 heterocycles. The molecule has 0 bridgehead atoms. The van der Waals surface area contributed by atoms with E-state index in [2.05, 4.69) is 11.9 Å². The van der Waals surface area contributed by atoms with Crippen molar-refractivity contribution in [2.24, 2.45) is 5.41 Å². The molecule has 1 spiro atoms. The number of ether oxygens (including phenoxy) is 1. The molecule has 16 heavy (non-hydrogen) atoms. The molecule has 0 unspecified atom stereocenters. The lowest BCUT2D eigenvalue weighted by Crippen LogP contribution is -2.61. The van der Waals surface area contributed by atoms with Crippen LogP contribution in [0.5, 0.6) is 0 Å². The number of hydrogen-bond donors (Lipinski definition) is 0. The van der Waals surface area contributed by atoms with E-state index in [1.165, 1.54) is 12.8 Å². The van der Waals surface area contributed by atoms with E-state index in [-0.39, 0.29) is 12.2 Å². The van der Waals surface area contributed by atoms with Gasteiger partial charge in [0.1, 0.15) is 0 Å². The minimum Gasteiger partial charge on any atom is -0.447 e. The third-order valence-electron chi connectivity index (χ3n) is 3.69. The lowest BCUT2D eigenvalue weighted by atomic mass is 9.72. The second-order valence-corrected chi connectivity index (χ2v) is 5.59.